The second-order valence-electron chi connectivity index (χ2n) is 12.2. The van der Waals surface area contributed by atoms with Gasteiger partial charge in [-0.1, -0.05) is 110 Å². The Labute approximate surface area is 248 Å². The van der Waals surface area contributed by atoms with Crippen LogP contribution in [0.5, 0.6) is 0 Å². The van der Waals surface area contributed by atoms with Gasteiger partial charge >= 0.3 is 8.80 Å². The molecule has 0 heterocycles. The first-order chi connectivity index (χ1) is 19.0. The summed E-state index contributed by atoms with van der Waals surface area (Å²) in [6.45, 7) is 21.6. The number of hydrogen-bond acceptors (Lipinski definition) is 3. The second kappa shape index (κ2) is 26.9. The minimum atomic E-state index is -2.55. The molecule has 0 aliphatic rings. The maximum Gasteiger partial charge on any atom is 0.501 e. The first-order valence-corrected chi connectivity index (χ1v) is 19.7. The number of nitrogens with zero attached hydrogens (tertiary/aromatic N) is 1. The number of hydrogen-bond donors (Lipinski definition) is 0. The predicted octanol–water partition coefficient (Wildman–Crippen LogP) is 10.7. The molecule has 0 saturated carbocycles. The van der Waals surface area contributed by atoms with Gasteiger partial charge in [-0.25, -0.2) is 0 Å². The average Bonchev–Trinajstić information content (AvgIpc) is 2.91. The lowest BCUT2D eigenvalue weighted by atomic mass is 10.0. The topological polar surface area (TPSA) is 27.7 Å². The van der Waals surface area contributed by atoms with E-state index in [1.165, 1.54) is 140 Å². The smallest absolute Gasteiger partial charge is 0.374 e. The van der Waals surface area contributed by atoms with Crippen LogP contribution in [0, 0.1) is 0 Å². The zero-order valence-electron chi connectivity index (χ0n) is 28.1. The third-order valence-corrected chi connectivity index (χ3v) is 11.8. The Hall–Kier alpha value is 0.0569. The van der Waals surface area contributed by atoms with Crippen LogP contribution in [-0.4, -0.2) is 58.8 Å². The predicted molar refractivity (Wildman–Crippen MR) is 175 cm³/mol. The highest BCUT2D eigenvalue weighted by Crippen LogP contribution is 2.24. The lowest BCUT2D eigenvalue weighted by Crippen LogP contribution is -2.55. The van der Waals surface area contributed by atoms with Crippen LogP contribution in [0.1, 0.15) is 170 Å². The molecule has 0 aliphatic heterocycles. The summed E-state index contributed by atoms with van der Waals surface area (Å²) >= 11 is 0. The molecule has 0 N–H and O–H groups in total. The minimum absolute atomic E-state index is 0.662. The second-order valence-corrected chi connectivity index (χ2v) is 15.0. The average molecular weight is 573 g/mol. The normalized spacial score (nSPS) is 13.8. The van der Waals surface area contributed by atoms with Crippen molar-refractivity contribution >= 4 is 8.80 Å². The molecule has 0 aromatic heterocycles. The van der Waals surface area contributed by atoms with Gasteiger partial charge in [0.1, 0.15) is 0 Å². The number of unbranched alkanes of at least 4 members (excludes halogenated alkanes) is 16. The van der Waals surface area contributed by atoms with Crippen LogP contribution in [-0.2, 0) is 13.3 Å². The third-order valence-electron chi connectivity index (χ3n) is 8.69. The summed E-state index contributed by atoms with van der Waals surface area (Å²) in [5.41, 5.74) is 0. The largest absolute Gasteiger partial charge is 0.501 e. The fourth-order valence-electron chi connectivity index (χ4n) is 6.17. The van der Waals surface area contributed by atoms with Crippen LogP contribution in [0.3, 0.4) is 0 Å². The molecular formula is C34H74NO3Si+. The van der Waals surface area contributed by atoms with Crippen LogP contribution in [0.4, 0.5) is 0 Å². The molecule has 236 valence electrons. The molecule has 0 spiro atoms. The Kier molecular flexibility index (Phi) is 27.0. The Morgan fingerprint density at radius 1 is 0.436 bits per heavy atom. The highest BCUT2D eigenvalue weighted by molar-refractivity contribution is 6.60. The third kappa shape index (κ3) is 19.7. The zero-order chi connectivity index (χ0) is 29.1. The molecule has 0 rings (SSSR count). The van der Waals surface area contributed by atoms with Crippen molar-refractivity contribution < 1.29 is 17.8 Å². The van der Waals surface area contributed by atoms with Crippen molar-refractivity contribution in [2.45, 2.75) is 183 Å². The van der Waals surface area contributed by atoms with Gasteiger partial charge in [0.25, 0.3) is 0 Å². The molecule has 0 saturated heterocycles. The van der Waals surface area contributed by atoms with E-state index in [4.69, 9.17) is 13.3 Å². The fraction of sp³-hybridized carbons (Fsp3) is 1.00. The summed E-state index contributed by atoms with van der Waals surface area (Å²) < 4.78 is 19.7. The van der Waals surface area contributed by atoms with E-state index in [0.717, 1.165) is 12.5 Å². The number of quaternary nitrogens is 1. The molecule has 1 atom stereocenters. The van der Waals surface area contributed by atoms with Gasteiger partial charge in [0, 0.05) is 32.3 Å². The van der Waals surface area contributed by atoms with E-state index in [9.17, 15) is 0 Å². The molecule has 39 heavy (non-hydrogen) atoms. The van der Waals surface area contributed by atoms with Gasteiger partial charge in [0.2, 0.25) is 0 Å². The molecular weight excluding hydrogens is 498 g/mol. The van der Waals surface area contributed by atoms with Crippen molar-refractivity contribution in [3.05, 3.63) is 0 Å². The Morgan fingerprint density at radius 2 is 0.769 bits per heavy atom. The van der Waals surface area contributed by atoms with Crippen molar-refractivity contribution in [3.8, 4) is 0 Å². The van der Waals surface area contributed by atoms with Gasteiger partial charge in [0.15, 0.2) is 0 Å². The van der Waals surface area contributed by atoms with Gasteiger partial charge in [0.05, 0.1) is 25.7 Å². The molecule has 0 aliphatic carbocycles. The molecule has 0 radical (unpaired) electrons. The Bertz CT molecular complexity index is 488. The van der Waals surface area contributed by atoms with Gasteiger partial charge in [-0.05, 0) is 53.9 Å². The van der Waals surface area contributed by atoms with Crippen molar-refractivity contribution in [1.82, 2.24) is 0 Å². The first kappa shape index (κ1) is 39.1. The molecule has 1 unspecified atom stereocenters. The zero-order valence-corrected chi connectivity index (χ0v) is 29.1. The van der Waals surface area contributed by atoms with Crippen molar-refractivity contribution in [2.75, 3.05) is 39.5 Å². The maximum absolute atomic E-state index is 6.15. The van der Waals surface area contributed by atoms with Crippen LogP contribution in [0.2, 0.25) is 6.04 Å². The molecule has 4 nitrogen and oxygen atoms in total. The molecule has 0 aromatic rings. The van der Waals surface area contributed by atoms with Gasteiger partial charge in [-0.2, -0.15) is 0 Å². The monoisotopic (exact) mass is 573 g/mol. The SMILES string of the molecule is CCCCCCCCCCCCCCCCCC[N+](CCCC)(CCC[Si](OCC)(OCC)OCC)C(C)C. The van der Waals surface area contributed by atoms with E-state index in [-0.39, 0.29) is 0 Å². The quantitative estimate of drug-likeness (QED) is 0.0470. The summed E-state index contributed by atoms with van der Waals surface area (Å²) in [6, 6.07) is 1.61. The van der Waals surface area contributed by atoms with E-state index in [2.05, 4.69) is 48.5 Å². The Morgan fingerprint density at radius 3 is 1.13 bits per heavy atom. The van der Waals surface area contributed by atoms with E-state index in [1.54, 1.807) is 0 Å². The highest BCUT2D eigenvalue weighted by Gasteiger charge is 2.41. The molecule has 0 amide bonds. The van der Waals surface area contributed by atoms with Crippen molar-refractivity contribution in [3.63, 3.8) is 0 Å². The minimum Gasteiger partial charge on any atom is -0.374 e. The van der Waals surface area contributed by atoms with Gasteiger partial charge < -0.3 is 17.8 Å². The van der Waals surface area contributed by atoms with E-state index in [0.29, 0.717) is 25.9 Å². The Balaban J connectivity index is 4.34. The van der Waals surface area contributed by atoms with Crippen LogP contribution < -0.4 is 0 Å². The van der Waals surface area contributed by atoms with Crippen molar-refractivity contribution in [1.29, 1.82) is 0 Å². The van der Waals surface area contributed by atoms with Crippen molar-refractivity contribution in [2.24, 2.45) is 0 Å². The van der Waals surface area contributed by atoms with Crippen LogP contribution in [0.25, 0.3) is 0 Å². The summed E-state index contributed by atoms with van der Waals surface area (Å²) in [4.78, 5) is 0. The van der Waals surface area contributed by atoms with Crippen LogP contribution in [0.15, 0.2) is 0 Å². The van der Waals surface area contributed by atoms with E-state index in [1.807, 2.05) is 0 Å². The van der Waals surface area contributed by atoms with E-state index >= 15 is 0 Å². The summed E-state index contributed by atoms with van der Waals surface area (Å²) in [6.07, 6.45) is 26.7. The highest BCUT2D eigenvalue weighted by atomic mass is 28.4. The summed E-state index contributed by atoms with van der Waals surface area (Å²) in [5.74, 6) is 0. The van der Waals surface area contributed by atoms with Gasteiger partial charge in [-0.15, -0.1) is 0 Å². The molecule has 0 bridgehead atoms. The lowest BCUT2D eigenvalue weighted by molar-refractivity contribution is -0.948. The maximum atomic E-state index is 6.15. The first-order valence-electron chi connectivity index (χ1n) is 17.7. The molecule has 0 fully saturated rings. The molecule has 5 heteroatoms. The van der Waals surface area contributed by atoms with E-state index < -0.39 is 8.80 Å². The van der Waals surface area contributed by atoms with Crippen LogP contribution >= 0.6 is 0 Å². The lowest BCUT2D eigenvalue weighted by Gasteiger charge is -2.43. The van der Waals surface area contributed by atoms with Gasteiger partial charge in [-0.3, -0.25) is 0 Å². The summed E-state index contributed by atoms with van der Waals surface area (Å²) in [7, 11) is -2.55. The number of rotatable bonds is 31. The standard InChI is InChI=1S/C34H74NO3Si/c1-8-13-15-16-17-18-19-20-21-22-23-24-25-26-27-28-31-35(34(6)7,30-14-9-2)32-29-33-39(36-10-3,37-11-4)38-12-5/h34H,8-33H2,1-7H3/q+1. The summed E-state index contributed by atoms with van der Waals surface area (Å²) in [5, 5.41) is 0. The fourth-order valence-corrected chi connectivity index (χ4v) is 8.76. The molecule has 0 aromatic carbocycles.